The van der Waals surface area contributed by atoms with Gasteiger partial charge in [0.15, 0.2) is 0 Å². The van der Waals surface area contributed by atoms with Crippen molar-refractivity contribution in [1.29, 1.82) is 0 Å². The molecule has 1 unspecified atom stereocenters. The molecule has 1 atom stereocenters. The first-order valence-corrected chi connectivity index (χ1v) is 10.7. The van der Waals surface area contributed by atoms with Gasteiger partial charge in [0.25, 0.3) is 5.92 Å². The lowest BCUT2D eigenvalue weighted by Crippen LogP contribution is -2.56. The summed E-state index contributed by atoms with van der Waals surface area (Å²) in [7, 11) is -2.10. The molecule has 0 saturated heterocycles. The number of nitrogens with one attached hydrogen (secondary N) is 1. The summed E-state index contributed by atoms with van der Waals surface area (Å²) in [5, 5.41) is 11.3. The molecular formula is C15H22F12N2O3S. The second-order valence-corrected chi connectivity index (χ2v) is 9.85. The summed E-state index contributed by atoms with van der Waals surface area (Å²) in [5.41, 5.74) is -6.48. The molecule has 0 aliphatic rings. The summed E-state index contributed by atoms with van der Waals surface area (Å²) in [6.07, 6.45) is -27.5. The Hall–Kier alpha value is -1.01. The Balaban J connectivity index is 5.38. The second kappa shape index (κ2) is 10.3. The number of hydrogen-bond acceptors (Lipinski definition) is 3. The first-order chi connectivity index (χ1) is 14.2. The molecule has 5 nitrogen and oxygen atoms in total. The fourth-order valence-electron chi connectivity index (χ4n) is 2.59. The molecule has 0 heterocycles. The summed E-state index contributed by atoms with van der Waals surface area (Å²) >= 11 is 0. The molecule has 0 amide bonds. The zero-order chi connectivity index (χ0) is 26.7. The number of hydrogen-bond donors (Lipinski definition) is 1. The van der Waals surface area contributed by atoms with Crippen LogP contribution >= 0.6 is 0 Å². The van der Waals surface area contributed by atoms with E-state index < -0.39 is 82.3 Å². The number of nitrogens with zero attached hydrogens (tertiary/aromatic N) is 1. The van der Waals surface area contributed by atoms with Gasteiger partial charge in [-0.05, 0) is 6.42 Å². The van der Waals surface area contributed by atoms with Crippen molar-refractivity contribution in [3.8, 4) is 0 Å². The summed E-state index contributed by atoms with van der Waals surface area (Å²) in [4.78, 5) is 0. The minimum absolute atomic E-state index is 0.0516. The highest BCUT2D eigenvalue weighted by atomic mass is 32.2. The first-order valence-electron chi connectivity index (χ1n) is 9.01. The Kier molecular flexibility index (Phi) is 10.00. The van der Waals surface area contributed by atoms with E-state index >= 15 is 0 Å². The van der Waals surface area contributed by atoms with Crippen LogP contribution in [0, 0.1) is 11.1 Å². The maximum atomic E-state index is 13.8. The molecule has 0 aliphatic heterocycles. The van der Waals surface area contributed by atoms with Crippen LogP contribution in [-0.2, 0) is 10.0 Å². The van der Waals surface area contributed by atoms with Gasteiger partial charge < -0.3 is 9.85 Å². The normalized spacial score (nSPS) is 16.2. The number of hydroxylamine groups is 3. The van der Waals surface area contributed by atoms with Crippen LogP contribution < -0.4 is 4.72 Å². The van der Waals surface area contributed by atoms with Crippen LogP contribution in [0.25, 0.3) is 0 Å². The van der Waals surface area contributed by atoms with Crippen molar-refractivity contribution in [2.45, 2.75) is 55.8 Å². The minimum Gasteiger partial charge on any atom is -0.633 e. The van der Waals surface area contributed by atoms with Crippen LogP contribution in [0.15, 0.2) is 0 Å². The van der Waals surface area contributed by atoms with Crippen LogP contribution in [0.5, 0.6) is 0 Å². The molecule has 18 heteroatoms. The van der Waals surface area contributed by atoms with Gasteiger partial charge in [-0.15, -0.1) is 0 Å². The molecular weight excluding hydrogens is 516 g/mol. The predicted molar refractivity (Wildman–Crippen MR) is 91.0 cm³/mol. The van der Waals surface area contributed by atoms with Gasteiger partial charge in [-0.1, -0.05) is 0 Å². The standard InChI is InChI=1S/C15H22F12N2O3S/c1-29(2,30)6-3-5-28-33(31,32)7-4-10(13(19,20)21)8-11(16,17)9-12(18,14(22,23)24)15(25,26)27/h10,28H,3-9H2,1-2H3. The highest BCUT2D eigenvalue weighted by molar-refractivity contribution is 7.89. The van der Waals surface area contributed by atoms with Crippen molar-refractivity contribution < 1.29 is 65.7 Å². The van der Waals surface area contributed by atoms with Crippen molar-refractivity contribution >= 4 is 10.0 Å². The van der Waals surface area contributed by atoms with Gasteiger partial charge in [-0.2, -0.15) is 39.5 Å². The summed E-state index contributed by atoms with van der Waals surface area (Å²) < 4.78 is 180. The van der Waals surface area contributed by atoms with Gasteiger partial charge in [0.2, 0.25) is 10.0 Å². The van der Waals surface area contributed by atoms with Gasteiger partial charge in [-0.3, -0.25) is 0 Å². The third-order valence-electron chi connectivity index (χ3n) is 4.34. The van der Waals surface area contributed by atoms with Gasteiger partial charge in [-0.25, -0.2) is 26.3 Å². The van der Waals surface area contributed by atoms with E-state index in [4.69, 9.17) is 0 Å². The van der Waals surface area contributed by atoms with Crippen molar-refractivity contribution in [1.82, 2.24) is 4.72 Å². The Morgan fingerprint density at radius 2 is 1.33 bits per heavy atom. The van der Waals surface area contributed by atoms with E-state index in [-0.39, 0.29) is 13.0 Å². The molecule has 0 aromatic carbocycles. The molecule has 0 fully saturated rings. The average molecular weight is 538 g/mol. The maximum Gasteiger partial charge on any atom is 0.431 e. The van der Waals surface area contributed by atoms with Crippen molar-refractivity contribution in [3.63, 3.8) is 0 Å². The molecule has 0 aromatic heterocycles. The Morgan fingerprint density at radius 1 is 0.879 bits per heavy atom. The quantitative estimate of drug-likeness (QED) is 0.170. The van der Waals surface area contributed by atoms with E-state index in [2.05, 4.69) is 0 Å². The third-order valence-corrected chi connectivity index (χ3v) is 5.76. The van der Waals surface area contributed by atoms with E-state index in [9.17, 15) is 66.3 Å². The lowest BCUT2D eigenvalue weighted by molar-refractivity contribution is -0.840. The molecule has 0 aromatic rings. The van der Waals surface area contributed by atoms with Crippen LogP contribution in [0.2, 0.25) is 0 Å². The Morgan fingerprint density at radius 3 is 1.70 bits per heavy atom. The lowest BCUT2D eigenvalue weighted by Gasteiger charge is -2.34. The summed E-state index contributed by atoms with van der Waals surface area (Å²) in [6.45, 7) is -0.496. The number of quaternary nitrogens is 1. The van der Waals surface area contributed by atoms with Crippen LogP contribution in [-0.4, -0.2) is 76.1 Å². The van der Waals surface area contributed by atoms with Gasteiger partial charge in [0.05, 0.1) is 38.7 Å². The van der Waals surface area contributed by atoms with E-state index in [0.29, 0.717) is 0 Å². The molecule has 200 valence electrons. The van der Waals surface area contributed by atoms with E-state index in [0.717, 1.165) is 0 Å². The Labute approximate surface area is 181 Å². The fraction of sp³-hybridized carbons (Fsp3) is 1.00. The van der Waals surface area contributed by atoms with Crippen LogP contribution in [0.1, 0.15) is 25.7 Å². The molecule has 0 saturated carbocycles. The summed E-state index contributed by atoms with van der Waals surface area (Å²) in [6, 6.07) is 0. The molecule has 0 spiro atoms. The van der Waals surface area contributed by atoms with Crippen molar-refractivity contribution in [3.05, 3.63) is 5.21 Å². The summed E-state index contributed by atoms with van der Waals surface area (Å²) in [5.74, 6) is -10.3. The van der Waals surface area contributed by atoms with Crippen LogP contribution in [0.3, 0.4) is 0 Å². The molecule has 0 aliphatic carbocycles. The number of rotatable bonds is 12. The fourth-order valence-corrected chi connectivity index (χ4v) is 3.78. The number of halogens is 12. The van der Waals surface area contributed by atoms with E-state index in [1.165, 1.54) is 14.1 Å². The lowest BCUT2D eigenvalue weighted by atomic mass is 9.89. The molecule has 0 bridgehead atoms. The van der Waals surface area contributed by atoms with Gasteiger partial charge in [0.1, 0.15) is 0 Å². The van der Waals surface area contributed by atoms with Crippen LogP contribution in [0.4, 0.5) is 52.7 Å². The van der Waals surface area contributed by atoms with Gasteiger partial charge >= 0.3 is 24.2 Å². The smallest absolute Gasteiger partial charge is 0.431 e. The Bertz CT molecular complexity index is 712. The third kappa shape index (κ3) is 10.9. The zero-order valence-electron chi connectivity index (χ0n) is 17.1. The SMILES string of the molecule is C[N+](C)([O-])CCCNS(=O)(=O)CCC(CC(F)(F)CC(F)(C(F)(F)F)C(F)(F)F)C(F)(F)F. The molecule has 1 N–H and O–H groups in total. The number of sulfonamides is 1. The topological polar surface area (TPSA) is 69.2 Å². The maximum absolute atomic E-state index is 13.8. The van der Waals surface area contributed by atoms with E-state index in [1.54, 1.807) is 4.72 Å². The molecule has 0 rings (SSSR count). The minimum atomic E-state index is -6.90. The molecule has 33 heavy (non-hydrogen) atoms. The monoisotopic (exact) mass is 538 g/mol. The van der Waals surface area contributed by atoms with Crippen molar-refractivity contribution in [2.24, 2.45) is 5.92 Å². The van der Waals surface area contributed by atoms with Gasteiger partial charge in [0, 0.05) is 19.4 Å². The van der Waals surface area contributed by atoms with Crippen molar-refractivity contribution in [2.75, 3.05) is 32.9 Å². The molecule has 0 radical (unpaired) electrons. The number of alkyl halides is 12. The largest absolute Gasteiger partial charge is 0.633 e. The zero-order valence-corrected chi connectivity index (χ0v) is 18.0. The highest BCUT2D eigenvalue weighted by Crippen LogP contribution is 2.53. The second-order valence-electron chi connectivity index (χ2n) is 7.93. The highest BCUT2D eigenvalue weighted by Gasteiger charge is 2.75. The predicted octanol–water partition coefficient (Wildman–Crippen LogP) is 4.69. The first kappa shape index (κ1) is 32.0. The van der Waals surface area contributed by atoms with E-state index in [1.807, 2.05) is 0 Å². The average Bonchev–Trinajstić information content (AvgIpc) is 2.51.